The molecule has 0 aliphatic rings. The molecule has 0 bridgehead atoms. The number of hydrogen-bond donors (Lipinski definition) is 2. The predicted molar refractivity (Wildman–Crippen MR) is 102 cm³/mol. The summed E-state index contributed by atoms with van der Waals surface area (Å²) < 4.78 is 22.9. The van der Waals surface area contributed by atoms with Gasteiger partial charge < -0.3 is 10.2 Å². The molecule has 140 valence electrons. The number of nitrogens with two attached hydrogens (primary N) is 1. The van der Waals surface area contributed by atoms with Crippen molar-refractivity contribution < 1.29 is 13.2 Å². The number of nitrogens with one attached hydrogen (secondary N) is 1. The molecule has 1 amide bonds. The van der Waals surface area contributed by atoms with E-state index in [1.165, 1.54) is 17.7 Å². The van der Waals surface area contributed by atoms with Gasteiger partial charge in [0, 0.05) is 18.7 Å². The van der Waals surface area contributed by atoms with E-state index in [9.17, 15) is 13.2 Å². The maximum absolute atomic E-state index is 12.3. The summed E-state index contributed by atoms with van der Waals surface area (Å²) >= 11 is 0. The molecule has 6 nitrogen and oxygen atoms in total. The van der Waals surface area contributed by atoms with E-state index in [1.807, 2.05) is 25.2 Å². The van der Waals surface area contributed by atoms with Crippen molar-refractivity contribution in [2.24, 2.45) is 5.14 Å². The lowest BCUT2D eigenvalue weighted by Crippen LogP contribution is -2.28. The van der Waals surface area contributed by atoms with Gasteiger partial charge in [0.25, 0.3) is 5.91 Å². The zero-order chi connectivity index (χ0) is 19.2. The van der Waals surface area contributed by atoms with Crippen LogP contribution in [0.5, 0.6) is 0 Å². The second kappa shape index (κ2) is 8.93. The van der Waals surface area contributed by atoms with E-state index in [4.69, 9.17) is 5.14 Å². The van der Waals surface area contributed by atoms with Gasteiger partial charge in [-0.2, -0.15) is 0 Å². The van der Waals surface area contributed by atoms with Crippen LogP contribution in [-0.2, 0) is 16.6 Å². The number of carbonyl (C=O) groups excluding carboxylic acids is 1. The number of sulfonamides is 1. The maximum atomic E-state index is 12.3. The van der Waals surface area contributed by atoms with Crippen LogP contribution in [0.2, 0.25) is 0 Å². The van der Waals surface area contributed by atoms with Gasteiger partial charge in [-0.05, 0) is 50.2 Å². The molecule has 2 aromatic rings. The first-order valence-electron chi connectivity index (χ1n) is 8.41. The number of primary sulfonamides is 1. The second-order valence-corrected chi connectivity index (χ2v) is 7.92. The quantitative estimate of drug-likeness (QED) is 0.689. The molecule has 2 aromatic carbocycles. The van der Waals surface area contributed by atoms with E-state index < -0.39 is 10.0 Å². The molecule has 0 atom stereocenters. The first-order chi connectivity index (χ1) is 12.3. The molecule has 2 rings (SSSR count). The molecule has 0 fully saturated rings. The molecule has 0 saturated heterocycles. The highest BCUT2D eigenvalue weighted by atomic mass is 32.2. The number of rotatable bonds is 8. The molecule has 0 saturated carbocycles. The summed E-state index contributed by atoms with van der Waals surface area (Å²) in [6.45, 7) is 3.96. The van der Waals surface area contributed by atoms with Crippen LogP contribution in [0.4, 0.5) is 0 Å². The lowest BCUT2D eigenvalue weighted by atomic mass is 10.1. The van der Waals surface area contributed by atoms with Gasteiger partial charge >= 0.3 is 0 Å². The number of amides is 1. The lowest BCUT2D eigenvalue weighted by Gasteiger charge is -2.17. The van der Waals surface area contributed by atoms with E-state index in [1.54, 1.807) is 13.0 Å². The van der Waals surface area contributed by atoms with Gasteiger partial charge in [0.05, 0.1) is 4.90 Å². The summed E-state index contributed by atoms with van der Waals surface area (Å²) in [5.74, 6) is -0.293. The first kappa shape index (κ1) is 20.1. The molecule has 0 aliphatic carbocycles. The lowest BCUT2D eigenvalue weighted by molar-refractivity contribution is 0.0951. The Hall–Kier alpha value is -2.22. The average Bonchev–Trinajstić information content (AvgIpc) is 2.58. The molecule has 0 heterocycles. The predicted octanol–water partition coefficient (Wildman–Crippen LogP) is 1.89. The average molecular weight is 375 g/mol. The van der Waals surface area contributed by atoms with Crippen molar-refractivity contribution in [2.75, 3.05) is 20.1 Å². The maximum Gasteiger partial charge on any atom is 0.251 e. The highest BCUT2D eigenvalue weighted by Gasteiger charge is 2.14. The van der Waals surface area contributed by atoms with Crippen molar-refractivity contribution >= 4 is 15.9 Å². The number of nitrogens with zero attached hydrogens (tertiary/aromatic N) is 1. The monoisotopic (exact) mass is 375 g/mol. The van der Waals surface area contributed by atoms with Crippen LogP contribution < -0.4 is 10.5 Å². The van der Waals surface area contributed by atoms with E-state index in [2.05, 4.69) is 22.3 Å². The van der Waals surface area contributed by atoms with Gasteiger partial charge in [-0.15, -0.1) is 0 Å². The molecule has 7 heteroatoms. The highest BCUT2D eigenvalue weighted by molar-refractivity contribution is 7.89. The Bertz CT molecular complexity index is 852. The standard InChI is InChI=1S/C19H25N3O3S/c1-15-9-10-17(26(20,24)25)13-18(15)19(23)21-11-6-12-22(2)14-16-7-4-3-5-8-16/h3-5,7-10,13H,6,11-12,14H2,1-2H3,(H,21,23)(H2,20,24,25). The molecule has 0 unspecified atom stereocenters. The fraction of sp³-hybridized carbons (Fsp3) is 0.316. The summed E-state index contributed by atoms with van der Waals surface area (Å²) in [6.07, 6.45) is 0.795. The third-order valence-electron chi connectivity index (χ3n) is 4.08. The number of carbonyl (C=O) groups is 1. The summed E-state index contributed by atoms with van der Waals surface area (Å²) in [5.41, 5.74) is 2.28. The largest absolute Gasteiger partial charge is 0.352 e. The third kappa shape index (κ3) is 5.94. The fourth-order valence-corrected chi connectivity index (χ4v) is 3.18. The zero-order valence-electron chi connectivity index (χ0n) is 15.1. The molecule has 0 aliphatic heterocycles. The van der Waals surface area contributed by atoms with E-state index in [0.717, 1.165) is 19.5 Å². The molecule has 26 heavy (non-hydrogen) atoms. The summed E-state index contributed by atoms with van der Waals surface area (Å²) in [6, 6.07) is 14.5. The fourth-order valence-electron chi connectivity index (χ4n) is 2.64. The number of hydrogen-bond acceptors (Lipinski definition) is 4. The Labute approximate surface area is 155 Å². The van der Waals surface area contributed by atoms with Crippen molar-refractivity contribution in [3.8, 4) is 0 Å². The highest BCUT2D eigenvalue weighted by Crippen LogP contribution is 2.14. The van der Waals surface area contributed by atoms with Gasteiger partial charge in [0.1, 0.15) is 0 Å². The number of benzene rings is 2. The van der Waals surface area contributed by atoms with Gasteiger partial charge in [0.15, 0.2) is 0 Å². The Morgan fingerprint density at radius 1 is 1.15 bits per heavy atom. The Kier molecular flexibility index (Phi) is 6.90. The zero-order valence-corrected chi connectivity index (χ0v) is 15.9. The minimum Gasteiger partial charge on any atom is -0.352 e. The molecule has 0 aromatic heterocycles. The van der Waals surface area contributed by atoms with Crippen LogP contribution in [-0.4, -0.2) is 39.4 Å². The summed E-state index contributed by atoms with van der Waals surface area (Å²) in [7, 11) is -1.79. The van der Waals surface area contributed by atoms with Crippen molar-refractivity contribution in [3.05, 3.63) is 65.2 Å². The van der Waals surface area contributed by atoms with E-state index in [0.29, 0.717) is 17.7 Å². The Morgan fingerprint density at radius 2 is 1.85 bits per heavy atom. The number of aryl methyl sites for hydroxylation is 1. The molecule has 3 N–H and O–H groups in total. The smallest absolute Gasteiger partial charge is 0.251 e. The normalized spacial score (nSPS) is 11.5. The van der Waals surface area contributed by atoms with Crippen molar-refractivity contribution in [3.63, 3.8) is 0 Å². The van der Waals surface area contributed by atoms with Gasteiger partial charge in [-0.3, -0.25) is 4.79 Å². The van der Waals surface area contributed by atoms with Crippen LogP contribution in [0.15, 0.2) is 53.4 Å². The van der Waals surface area contributed by atoms with Gasteiger partial charge in [-0.25, -0.2) is 13.6 Å². The topological polar surface area (TPSA) is 92.5 Å². The van der Waals surface area contributed by atoms with Crippen LogP contribution in [0.25, 0.3) is 0 Å². The van der Waals surface area contributed by atoms with E-state index >= 15 is 0 Å². The van der Waals surface area contributed by atoms with Gasteiger partial charge in [0.2, 0.25) is 10.0 Å². The minimum absolute atomic E-state index is 0.0594. The summed E-state index contributed by atoms with van der Waals surface area (Å²) in [5, 5.41) is 7.97. The molecule has 0 spiro atoms. The van der Waals surface area contributed by atoms with Crippen LogP contribution in [0, 0.1) is 6.92 Å². The summed E-state index contributed by atoms with van der Waals surface area (Å²) in [4.78, 5) is 14.4. The van der Waals surface area contributed by atoms with Gasteiger partial charge in [-0.1, -0.05) is 36.4 Å². The van der Waals surface area contributed by atoms with Crippen LogP contribution >= 0.6 is 0 Å². The SMILES string of the molecule is Cc1ccc(S(N)(=O)=O)cc1C(=O)NCCCN(C)Cc1ccccc1. The van der Waals surface area contributed by atoms with Crippen LogP contribution in [0.3, 0.4) is 0 Å². The first-order valence-corrected chi connectivity index (χ1v) is 9.96. The van der Waals surface area contributed by atoms with E-state index in [-0.39, 0.29) is 10.8 Å². The van der Waals surface area contributed by atoms with Crippen LogP contribution in [0.1, 0.15) is 27.9 Å². The Balaban J connectivity index is 1.83. The van der Waals surface area contributed by atoms with Crippen molar-refractivity contribution in [1.82, 2.24) is 10.2 Å². The van der Waals surface area contributed by atoms with Crippen molar-refractivity contribution in [1.29, 1.82) is 0 Å². The molecular weight excluding hydrogens is 350 g/mol. The molecule has 0 radical (unpaired) electrons. The Morgan fingerprint density at radius 3 is 2.50 bits per heavy atom. The minimum atomic E-state index is -3.83. The second-order valence-electron chi connectivity index (χ2n) is 6.35. The molecular formula is C19H25N3O3S. The third-order valence-corrected chi connectivity index (χ3v) is 4.99. The van der Waals surface area contributed by atoms with Crippen molar-refractivity contribution in [2.45, 2.75) is 24.8 Å².